The number of methoxy groups -OCH3 is 1. The topological polar surface area (TPSA) is 65.3 Å². The fourth-order valence-corrected chi connectivity index (χ4v) is 1.87. The van der Waals surface area contributed by atoms with E-state index in [1.54, 1.807) is 18.2 Å². The molecule has 0 atom stereocenters. The van der Waals surface area contributed by atoms with E-state index < -0.39 is 4.92 Å². The van der Waals surface area contributed by atoms with Gasteiger partial charge >= 0.3 is 0 Å². The van der Waals surface area contributed by atoms with Crippen LogP contribution in [0.1, 0.15) is 0 Å². The molecular weight excluding hydrogens is 291 g/mol. The fraction of sp³-hybridized carbons (Fsp3) is 0.0833. The van der Waals surface area contributed by atoms with Crippen LogP contribution in [-0.2, 0) is 0 Å². The molecule has 0 N–H and O–H groups in total. The first-order chi connectivity index (χ1) is 9.02. The molecule has 0 aliphatic rings. The zero-order valence-corrected chi connectivity index (χ0v) is 11.3. The van der Waals surface area contributed by atoms with Gasteiger partial charge < -0.3 is 4.74 Å². The SMILES string of the molecule is COc1ncc([N+](=O)[O-])cc1-c1ccc(Cl)c(Cl)c1. The highest BCUT2D eigenvalue weighted by atomic mass is 35.5. The number of hydrogen-bond acceptors (Lipinski definition) is 4. The summed E-state index contributed by atoms with van der Waals surface area (Å²) >= 11 is 11.8. The van der Waals surface area contributed by atoms with Gasteiger partial charge in [0.2, 0.25) is 5.88 Å². The lowest BCUT2D eigenvalue weighted by Crippen LogP contribution is -1.95. The van der Waals surface area contributed by atoms with Crippen LogP contribution in [0.3, 0.4) is 0 Å². The summed E-state index contributed by atoms with van der Waals surface area (Å²) in [6, 6.07) is 6.29. The Morgan fingerprint density at radius 2 is 2.00 bits per heavy atom. The first kappa shape index (κ1) is 13.6. The van der Waals surface area contributed by atoms with Gasteiger partial charge in [-0.1, -0.05) is 29.3 Å². The molecule has 0 saturated carbocycles. The molecule has 7 heteroatoms. The molecular formula is C12H8Cl2N2O3. The second-order valence-corrected chi connectivity index (χ2v) is 4.45. The molecule has 0 aliphatic carbocycles. The maximum absolute atomic E-state index is 10.8. The minimum Gasteiger partial charge on any atom is -0.481 e. The first-order valence-electron chi connectivity index (χ1n) is 5.16. The van der Waals surface area contributed by atoms with E-state index in [2.05, 4.69) is 4.98 Å². The molecule has 0 aliphatic heterocycles. The number of rotatable bonds is 3. The highest BCUT2D eigenvalue weighted by molar-refractivity contribution is 6.42. The Labute approximate surface area is 118 Å². The van der Waals surface area contributed by atoms with Gasteiger partial charge in [0.25, 0.3) is 5.69 Å². The summed E-state index contributed by atoms with van der Waals surface area (Å²) in [4.78, 5) is 14.2. The number of nitrogens with zero attached hydrogens (tertiary/aromatic N) is 2. The van der Waals surface area contributed by atoms with Gasteiger partial charge in [0.15, 0.2) is 0 Å². The van der Waals surface area contributed by atoms with Crippen LogP contribution < -0.4 is 4.74 Å². The summed E-state index contributed by atoms with van der Waals surface area (Å²) in [5.74, 6) is 0.281. The third kappa shape index (κ3) is 2.77. The largest absolute Gasteiger partial charge is 0.481 e. The van der Waals surface area contributed by atoms with Crippen molar-refractivity contribution in [3.63, 3.8) is 0 Å². The number of ether oxygens (including phenoxy) is 1. The van der Waals surface area contributed by atoms with Gasteiger partial charge in [-0.3, -0.25) is 10.1 Å². The van der Waals surface area contributed by atoms with Crippen molar-refractivity contribution < 1.29 is 9.66 Å². The van der Waals surface area contributed by atoms with E-state index in [4.69, 9.17) is 27.9 Å². The van der Waals surface area contributed by atoms with Crippen molar-refractivity contribution in [2.45, 2.75) is 0 Å². The second kappa shape index (κ2) is 5.42. The summed E-state index contributed by atoms with van der Waals surface area (Å²) in [5.41, 5.74) is 1.000. The highest BCUT2D eigenvalue weighted by Gasteiger charge is 2.15. The predicted molar refractivity (Wildman–Crippen MR) is 72.9 cm³/mol. The average Bonchev–Trinajstić information content (AvgIpc) is 2.41. The minimum atomic E-state index is -0.520. The predicted octanol–water partition coefficient (Wildman–Crippen LogP) is 3.97. The maximum atomic E-state index is 10.8. The van der Waals surface area contributed by atoms with Crippen molar-refractivity contribution in [3.05, 3.63) is 50.6 Å². The first-order valence-corrected chi connectivity index (χ1v) is 5.92. The van der Waals surface area contributed by atoms with E-state index in [0.717, 1.165) is 6.20 Å². The Kier molecular flexibility index (Phi) is 3.87. The second-order valence-electron chi connectivity index (χ2n) is 3.64. The fourth-order valence-electron chi connectivity index (χ4n) is 1.57. The number of nitro groups is 1. The quantitative estimate of drug-likeness (QED) is 0.635. The molecule has 0 radical (unpaired) electrons. The summed E-state index contributed by atoms with van der Waals surface area (Å²) in [6.45, 7) is 0. The normalized spacial score (nSPS) is 10.3. The van der Waals surface area contributed by atoms with Crippen LogP contribution in [0.2, 0.25) is 10.0 Å². The average molecular weight is 299 g/mol. The lowest BCUT2D eigenvalue weighted by atomic mass is 10.1. The van der Waals surface area contributed by atoms with Crippen molar-refractivity contribution in [1.82, 2.24) is 4.98 Å². The van der Waals surface area contributed by atoms with Crippen LogP contribution >= 0.6 is 23.2 Å². The van der Waals surface area contributed by atoms with Gasteiger partial charge in [0.05, 0.1) is 27.6 Å². The molecule has 2 aromatic rings. The van der Waals surface area contributed by atoms with Crippen molar-refractivity contribution in [2.75, 3.05) is 7.11 Å². The number of hydrogen-bond donors (Lipinski definition) is 0. The van der Waals surface area contributed by atoms with E-state index in [1.165, 1.54) is 13.2 Å². The molecule has 98 valence electrons. The molecule has 0 saturated heterocycles. The lowest BCUT2D eigenvalue weighted by molar-refractivity contribution is -0.385. The summed E-state index contributed by atoms with van der Waals surface area (Å²) in [7, 11) is 1.44. The van der Waals surface area contributed by atoms with E-state index in [-0.39, 0.29) is 11.6 Å². The monoisotopic (exact) mass is 298 g/mol. The molecule has 1 heterocycles. The van der Waals surface area contributed by atoms with Gasteiger partial charge in [-0.2, -0.15) is 0 Å². The van der Waals surface area contributed by atoms with Crippen LogP contribution in [0.25, 0.3) is 11.1 Å². The smallest absolute Gasteiger partial charge is 0.288 e. The van der Waals surface area contributed by atoms with Crippen molar-refractivity contribution in [1.29, 1.82) is 0 Å². The Balaban J connectivity index is 2.61. The van der Waals surface area contributed by atoms with Crippen LogP contribution in [0.5, 0.6) is 5.88 Å². The molecule has 0 fully saturated rings. The minimum absolute atomic E-state index is 0.123. The Morgan fingerprint density at radius 3 is 2.58 bits per heavy atom. The molecule has 0 spiro atoms. The summed E-state index contributed by atoms with van der Waals surface area (Å²) < 4.78 is 5.09. The molecule has 19 heavy (non-hydrogen) atoms. The zero-order chi connectivity index (χ0) is 14.0. The number of benzene rings is 1. The molecule has 5 nitrogen and oxygen atoms in total. The van der Waals surface area contributed by atoms with Gasteiger partial charge in [0.1, 0.15) is 6.20 Å². The zero-order valence-electron chi connectivity index (χ0n) is 9.76. The molecule has 0 unspecified atom stereocenters. The van der Waals surface area contributed by atoms with Crippen LogP contribution in [-0.4, -0.2) is 17.0 Å². The number of pyridine rings is 1. The maximum Gasteiger partial charge on any atom is 0.288 e. The van der Waals surface area contributed by atoms with Crippen molar-refractivity contribution in [3.8, 4) is 17.0 Å². The van der Waals surface area contributed by atoms with E-state index in [0.29, 0.717) is 21.2 Å². The molecule has 1 aromatic heterocycles. The van der Waals surface area contributed by atoms with Crippen LogP contribution in [0, 0.1) is 10.1 Å². The van der Waals surface area contributed by atoms with E-state index >= 15 is 0 Å². The highest BCUT2D eigenvalue weighted by Crippen LogP contribution is 2.34. The van der Waals surface area contributed by atoms with E-state index in [9.17, 15) is 10.1 Å². The molecule has 0 bridgehead atoms. The van der Waals surface area contributed by atoms with Gasteiger partial charge in [0, 0.05) is 6.07 Å². The van der Waals surface area contributed by atoms with E-state index in [1.807, 2.05) is 0 Å². The van der Waals surface area contributed by atoms with Gasteiger partial charge in [-0.15, -0.1) is 0 Å². The standard InChI is InChI=1S/C12H8Cl2N2O3/c1-19-12-9(5-8(6-15-12)16(17)18)7-2-3-10(13)11(14)4-7/h2-6H,1H3. The lowest BCUT2D eigenvalue weighted by Gasteiger charge is -2.08. The number of halogens is 2. The number of aromatic nitrogens is 1. The summed E-state index contributed by atoms with van der Waals surface area (Å²) in [6.07, 6.45) is 1.14. The molecule has 0 amide bonds. The van der Waals surface area contributed by atoms with Crippen molar-refractivity contribution in [2.24, 2.45) is 0 Å². The molecule has 1 aromatic carbocycles. The Hall–Kier alpha value is -1.85. The Bertz CT molecular complexity index is 647. The third-order valence-corrected chi connectivity index (χ3v) is 3.21. The Morgan fingerprint density at radius 1 is 1.26 bits per heavy atom. The van der Waals surface area contributed by atoms with Gasteiger partial charge in [-0.25, -0.2) is 4.98 Å². The third-order valence-electron chi connectivity index (χ3n) is 2.47. The van der Waals surface area contributed by atoms with Crippen LogP contribution in [0.15, 0.2) is 30.5 Å². The van der Waals surface area contributed by atoms with Crippen molar-refractivity contribution >= 4 is 28.9 Å². The van der Waals surface area contributed by atoms with Gasteiger partial charge in [-0.05, 0) is 17.7 Å². The molecule has 2 rings (SSSR count). The van der Waals surface area contributed by atoms with Crippen LogP contribution in [0.4, 0.5) is 5.69 Å². The summed E-state index contributed by atoms with van der Waals surface area (Å²) in [5, 5.41) is 11.5.